The van der Waals surface area contributed by atoms with Crippen molar-refractivity contribution >= 4 is 6.08 Å². The highest BCUT2D eigenvalue weighted by Crippen LogP contribution is 1.92. The van der Waals surface area contributed by atoms with Gasteiger partial charge in [0.1, 0.15) is 0 Å². The summed E-state index contributed by atoms with van der Waals surface area (Å²) in [6, 6.07) is 5.70. The molecule has 9 heavy (non-hydrogen) atoms. The molecule has 1 heterocycles. The Morgan fingerprint density at radius 3 is 3.00 bits per heavy atom. The van der Waals surface area contributed by atoms with Gasteiger partial charge in [-0.25, -0.2) is 0 Å². The normalized spacial score (nSPS) is 8.00. The van der Waals surface area contributed by atoms with Gasteiger partial charge < -0.3 is 0 Å². The van der Waals surface area contributed by atoms with E-state index in [1.807, 2.05) is 18.2 Å². The summed E-state index contributed by atoms with van der Waals surface area (Å²) in [6.45, 7) is 3.44. The maximum absolute atomic E-state index is 4.01. The van der Waals surface area contributed by atoms with Crippen LogP contribution in [0.1, 0.15) is 5.69 Å². The summed E-state index contributed by atoms with van der Waals surface area (Å²) in [5, 5.41) is 0. The lowest BCUT2D eigenvalue weighted by molar-refractivity contribution is 1.30. The summed E-state index contributed by atoms with van der Waals surface area (Å²) >= 11 is 0. The summed E-state index contributed by atoms with van der Waals surface area (Å²) in [6.07, 6.45) is 3.48. The monoisotopic (exact) mass is 117 g/mol. The third-order valence-corrected chi connectivity index (χ3v) is 0.938. The number of pyridine rings is 1. The van der Waals surface area contributed by atoms with Crippen molar-refractivity contribution in [3.05, 3.63) is 42.4 Å². The second kappa shape index (κ2) is 2.85. The molecule has 1 aromatic heterocycles. The van der Waals surface area contributed by atoms with Crippen LogP contribution in [-0.2, 0) is 0 Å². The van der Waals surface area contributed by atoms with Gasteiger partial charge in [-0.05, 0) is 12.1 Å². The topological polar surface area (TPSA) is 12.9 Å². The Morgan fingerprint density at radius 1 is 1.56 bits per heavy atom. The summed E-state index contributed by atoms with van der Waals surface area (Å²) in [5.41, 5.74) is 3.54. The first-order valence-electron chi connectivity index (χ1n) is 2.70. The fourth-order valence-electron chi connectivity index (χ4n) is 0.566. The van der Waals surface area contributed by atoms with E-state index >= 15 is 0 Å². The lowest BCUT2D eigenvalue weighted by atomic mass is 10.3. The molecule has 1 heteroatoms. The molecule has 0 aliphatic heterocycles. The lowest BCUT2D eigenvalue weighted by Gasteiger charge is -1.84. The molecule has 1 nitrogen and oxygen atoms in total. The molecule has 0 N–H and O–H groups in total. The van der Waals surface area contributed by atoms with E-state index in [9.17, 15) is 0 Å². The van der Waals surface area contributed by atoms with Gasteiger partial charge in [0, 0.05) is 12.3 Å². The summed E-state index contributed by atoms with van der Waals surface area (Å²) in [4.78, 5) is 4.01. The lowest BCUT2D eigenvalue weighted by Crippen LogP contribution is -1.73. The number of nitrogens with zero attached hydrogens (tertiary/aromatic N) is 1. The quantitative estimate of drug-likeness (QED) is 0.512. The van der Waals surface area contributed by atoms with Gasteiger partial charge in [-0.1, -0.05) is 12.6 Å². The first-order chi connectivity index (χ1) is 4.43. The maximum Gasteiger partial charge on any atom is 0.0706 e. The fraction of sp³-hybridized carbons (Fsp3) is 0. The summed E-state index contributed by atoms with van der Waals surface area (Å²) < 4.78 is 0. The first-order valence-corrected chi connectivity index (χ1v) is 2.70. The second-order valence-electron chi connectivity index (χ2n) is 1.60. The van der Waals surface area contributed by atoms with E-state index in [1.54, 1.807) is 12.3 Å². The van der Waals surface area contributed by atoms with Crippen LogP contribution in [0.25, 0.3) is 6.08 Å². The highest BCUT2D eigenvalue weighted by molar-refractivity contribution is 5.42. The van der Waals surface area contributed by atoms with Crippen LogP contribution in [0.5, 0.6) is 0 Å². The van der Waals surface area contributed by atoms with Gasteiger partial charge in [0.25, 0.3) is 0 Å². The number of hydrogen-bond donors (Lipinski definition) is 0. The van der Waals surface area contributed by atoms with Crippen molar-refractivity contribution in [2.24, 2.45) is 0 Å². The van der Waals surface area contributed by atoms with Crippen LogP contribution in [0, 0.1) is 0 Å². The molecule has 0 spiro atoms. The number of hydrogen-bond acceptors (Lipinski definition) is 1. The Balaban J connectivity index is 2.97. The average molecular weight is 117 g/mol. The minimum atomic E-state index is 0.896. The summed E-state index contributed by atoms with van der Waals surface area (Å²) in [5.74, 6) is 0. The zero-order valence-electron chi connectivity index (χ0n) is 5.04. The third-order valence-electron chi connectivity index (χ3n) is 0.938. The Bertz CT molecular complexity index is 220. The zero-order valence-corrected chi connectivity index (χ0v) is 5.04. The summed E-state index contributed by atoms with van der Waals surface area (Å²) in [7, 11) is 0. The minimum Gasteiger partial charge on any atom is -0.256 e. The van der Waals surface area contributed by atoms with Gasteiger partial charge >= 0.3 is 0 Å². The molecule has 0 aromatic carbocycles. The Labute approximate surface area is 54.4 Å². The van der Waals surface area contributed by atoms with E-state index in [1.165, 1.54) is 0 Å². The maximum atomic E-state index is 4.01. The van der Waals surface area contributed by atoms with Crippen molar-refractivity contribution in [3.8, 4) is 0 Å². The van der Waals surface area contributed by atoms with E-state index in [-0.39, 0.29) is 0 Å². The molecule has 1 aromatic rings. The molecule has 0 atom stereocenters. The number of aromatic nitrogens is 1. The van der Waals surface area contributed by atoms with Crippen molar-refractivity contribution in [2.75, 3.05) is 0 Å². The van der Waals surface area contributed by atoms with Crippen LogP contribution >= 0.6 is 0 Å². The minimum absolute atomic E-state index is 0.896. The molecular weight excluding hydrogens is 110 g/mol. The van der Waals surface area contributed by atoms with Crippen LogP contribution in [0.2, 0.25) is 0 Å². The molecule has 0 saturated carbocycles. The zero-order chi connectivity index (χ0) is 6.53. The molecule has 0 aliphatic carbocycles. The molecule has 44 valence electrons. The predicted molar refractivity (Wildman–Crippen MR) is 37.8 cm³/mol. The smallest absolute Gasteiger partial charge is 0.0706 e. The van der Waals surface area contributed by atoms with E-state index in [0.29, 0.717) is 0 Å². The van der Waals surface area contributed by atoms with Gasteiger partial charge in [-0.2, -0.15) is 0 Å². The van der Waals surface area contributed by atoms with Crippen LogP contribution < -0.4 is 0 Å². The highest BCUT2D eigenvalue weighted by Gasteiger charge is 1.79. The molecule has 0 saturated heterocycles. The van der Waals surface area contributed by atoms with E-state index in [0.717, 1.165) is 5.69 Å². The van der Waals surface area contributed by atoms with Crippen molar-refractivity contribution in [3.63, 3.8) is 0 Å². The Hall–Kier alpha value is -1.33. The van der Waals surface area contributed by atoms with Crippen LogP contribution in [0.4, 0.5) is 0 Å². The average Bonchev–Trinajstić information content (AvgIpc) is 1.91. The fourth-order valence-corrected chi connectivity index (χ4v) is 0.566. The van der Waals surface area contributed by atoms with Crippen molar-refractivity contribution in [1.82, 2.24) is 4.98 Å². The molecule has 0 aliphatic rings. The second-order valence-corrected chi connectivity index (χ2v) is 1.60. The van der Waals surface area contributed by atoms with Gasteiger partial charge in [-0.3, -0.25) is 4.98 Å². The molecule has 0 amide bonds. The van der Waals surface area contributed by atoms with E-state index < -0.39 is 0 Å². The highest BCUT2D eigenvalue weighted by atomic mass is 14.6. The predicted octanol–water partition coefficient (Wildman–Crippen LogP) is 1.88. The standard InChI is InChI=1S/C8H7N/c1-2-5-8-6-3-4-7-9-8/h3-7H,1H2. The van der Waals surface area contributed by atoms with Crippen molar-refractivity contribution < 1.29 is 0 Å². The molecule has 0 fully saturated rings. The Kier molecular flexibility index (Phi) is 1.84. The molecular formula is C8H7N. The first kappa shape index (κ1) is 5.80. The molecule has 0 bridgehead atoms. The molecule has 1 rings (SSSR count). The molecule has 0 unspecified atom stereocenters. The van der Waals surface area contributed by atoms with Gasteiger partial charge in [0.2, 0.25) is 0 Å². The van der Waals surface area contributed by atoms with Crippen LogP contribution in [0.3, 0.4) is 0 Å². The van der Waals surface area contributed by atoms with Gasteiger partial charge in [0.05, 0.1) is 5.69 Å². The van der Waals surface area contributed by atoms with Crippen molar-refractivity contribution in [2.45, 2.75) is 0 Å². The van der Waals surface area contributed by atoms with E-state index in [4.69, 9.17) is 0 Å². The number of rotatable bonds is 1. The molecule has 0 radical (unpaired) electrons. The van der Waals surface area contributed by atoms with Crippen molar-refractivity contribution in [1.29, 1.82) is 0 Å². The largest absolute Gasteiger partial charge is 0.256 e. The van der Waals surface area contributed by atoms with E-state index in [2.05, 4.69) is 17.3 Å². The SMILES string of the molecule is C=C=Cc1ccccn1. The van der Waals surface area contributed by atoms with Gasteiger partial charge in [0.15, 0.2) is 0 Å². The third kappa shape index (κ3) is 1.56. The van der Waals surface area contributed by atoms with Crippen LogP contribution in [-0.4, -0.2) is 4.98 Å². The van der Waals surface area contributed by atoms with Crippen LogP contribution in [0.15, 0.2) is 36.7 Å². The van der Waals surface area contributed by atoms with Gasteiger partial charge in [-0.15, -0.1) is 5.73 Å². The Morgan fingerprint density at radius 2 is 2.44 bits per heavy atom.